The summed E-state index contributed by atoms with van der Waals surface area (Å²) in [5.41, 5.74) is 2.52. The van der Waals surface area contributed by atoms with E-state index >= 15 is 0 Å². The van der Waals surface area contributed by atoms with Crippen LogP contribution in [0.3, 0.4) is 0 Å². The van der Waals surface area contributed by atoms with E-state index in [0.29, 0.717) is 40.6 Å². The number of benzene rings is 2. The highest BCUT2D eigenvalue weighted by Crippen LogP contribution is 2.35. The van der Waals surface area contributed by atoms with Gasteiger partial charge in [-0.3, -0.25) is 4.79 Å². The third-order valence-corrected chi connectivity index (χ3v) is 10.0. The number of H-pyrrole nitrogens is 1. The van der Waals surface area contributed by atoms with Gasteiger partial charge in [-0.2, -0.15) is 9.57 Å². The molecule has 10 nitrogen and oxygen atoms in total. The summed E-state index contributed by atoms with van der Waals surface area (Å²) in [5.74, 6) is 0. The lowest BCUT2D eigenvalue weighted by molar-refractivity contribution is 0.330. The Hall–Kier alpha value is -3.92. The van der Waals surface area contributed by atoms with Crippen molar-refractivity contribution < 1.29 is 16.8 Å². The van der Waals surface area contributed by atoms with Gasteiger partial charge in [-0.05, 0) is 55.3 Å². The van der Waals surface area contributed by atoms with Crippen LogP contribution in [-0.4, -0.2) is 56.1 Å². The molecule has 0 aliphatic carbocycles. The molecule has 1 fully saturated rings. The number of fused-ring (bicyclic) bond motifs is 1. The highest BCUT2D eigenvalue weighted by atomic mass is 32.2. The van der Waals surface area contributed by atoms with Crippen LogP contribution in [0.5, 0.6) is 0 Å². The molecule has 2 aromatic carbocycles. The van der Waals surface area contributed by atoms with Gasteiger partial charge < -0.3 is 14.9 Å². The number of aryl methyl sites for hydroxylation is 1. The van der Waals surface area contributed by atoms with Gasteiger partial charge in [-0.15, -0.1) is 0 Å². The van der Waals surface area contributed by atoms with E-state index in [9.17, 15) is 21.6 Å². The van der Waals surface area contributed by atoms with Crippen LogP contribution >= 0.6 is 0 Å². The molecule has 0 unspecified atom stereocenters. The Kier molecular flexibility index (Phi) is 6.84. The van der Waals surface area contributed by atoms with Gasteiger partial charge in [0.1, 0.15) is 5.52 Å². The van der Waals surface area contributed by atoms with E-state index in [-0.39, 0.29) is 40.0 Å². The zero-order chi connectivity index (χ0) is 27.9. The molecule has 1 saturated heterocycles. The van der Waals surface area contributed by atoms with Crippen molar-refractivity contribution in [2.45, 2.75) is 28.7 Å². The molecule has 202 valence electrons. The molecule has 4 aromatic rings. The number of nitrogens with zero attached hydrogens (tertiary/aromatic N) is 3. The number of nitrogens with one attached hydrogen (secondary N) is 2. The SMILES string of the molecule is Cn1cc(-c2cc(S(C)(=O)=O)ccc2NC2CCN(S(=O)(=O)c3cccc(C#N)c3)CC2)c2cc[nH]c2c1=O. The minimum Gasteiger partial charge on any atom is -0.382 e. The predicted molar refractivity (Wildman–Crippen MR) is 149 cm³/mol. The average molecular weight is 566 g/mol. The fourth-order valence-electron chi connectivity index (χ4n) is 4.92. The van der Waals surface area contributed by atoms with Crippen molar-refractivity contribution in [3.63, 3.8) is 0 Å². The van der Waals surface area contributed by atoms with Gasteiger partial charge in [0.25, 0.3) is 5.56 Å². The molecule has 0 bridgehead atoms. The van der Waals surface area contributed by atoms with Gasteiger partial charge in [0.15, 0.2) is 9.84 Å². The number of hydrogen-bond donors (Lipinski definition) is 2. The van der Waals surface area contributed by atoms with Crippen LogP contribution in [0.4, 0.5) is 5.69 Å². The molecule has 0 saturated carbocycles. The van der Waals surface area contributed by atoms with E-state index in [1.807, 2.05) is 6.07 Å². The lowest BCUT2D eigenvalue weighted by atomic mass is 10.00. The molecule has 2 aromatic heterocycles. The monoisotopic (exact) mass is 565 g/mol. The molecule has 12 heteroatoms. The number of aromatic amines is 1. The molecule has 1 aliphatic rings. The van der Waals surface area contributed by atoms with Crippen molar-refractivity contribution >= 4 is 36.5 Å². The summed E-state index contributed by atoms with van der Waals surface area (Å²) in [7, 11) is -5.59. The average Bonchev–Trinajstić information content (AvgIpc) is 3.41. The van der Waals surface area contributed by atoms with Crippen LogP contribution in [0.1, 0.15) is 18.4 Å². The zero-order valence-electron chi connectivity index (χ0n) is 21.4. The molecule has 0 atom stereocenters. The maximum absolute atomic E-state index is 13.2. The smallest absolute Gasteiger partial charge is 0.274 e. The van der Waals surface area contributed by atoms with Crippen LogP contribution in [0.15, 0.2) is 75.5 Å². The summed E-state index contributed by atoms with van der Waals surface area (Å²) >= 11 is 0. The maximum atomic E-state index is 13.2. The number of sulfonamides is 1. The van der Waals surface area contributed by atoms with Crippen molar-refractivity contribution in [3.05, 3.63) is 76.8 Å². The Morgan fingerprint density at radius 3 is 2.44 bits per heavy atom. The predicted octanol–water partition coefficient (Wildman–Crippen LogP) is 3.07. The van der Waals surface area contributed by atoms with Crippen molar-refractivity contribution in [2.24, 2.45) is 7.05 Å². The second kappa shape index (κ2) is 10.00. The van der Waals surface area contributed by atoms with E-state index in [0.717, 1.165) is 6.26 Å². The number of sulfone groups is 1. The van der Waals surface area contributed by atoms with E-state index in [1.165, 1.54) is 21.0 Å². The lowest BCUT2D eigenvalue weighted by Gasteiger charge is -2.32. The van der Waals surface area contributed by atoms with Gasteiger partial charge in [-0.25, -0.2) is 16.8 Å². The third kappa shape index (κ3) is 5.08. The van der Waals surface area contributed by atoms with Gasteiger partial charge in [0.2, 0.25) is 10.0 Å². The Morgan fingerprint density at radius 2 is 1.74 bits per heavy atom. The van der Waals surface area contributed by atoms with Gasteiger partial charge in [0.05, 0.1) is 21.4 Å². The second-order valence-electron chi connectivity index (χ2n) is 9.67. The minimum absolute atomic E-state index is 0.0704. The first kappa shape index (κ1) is 26.7. The first-order chi connectivity index (χ1) is 18.5. The van der Waals surface area contributed by atoms with Crippen LogP contribution < -0.4 is 10.9 Å². The molecular weight excluding hydrogens is 538 g/mol. The van der Waals surface area contributed by atoms with Crippen LogP contribution in [0, 0.1) is 11.3 Å². The molecular formula is C27H27N5O5S2. The van der Waals surface area contributed by atoms with E-state index in [4.69, 9.17) is 5.26 Å². The summed E-state index contributed by atoms with van der Waals surface area (Å²) in [6.45, 7) is 0.574. The Morgan fingerprint density at radius 1 is 1.00 bits per heavy atom. The quantitative estimate of drug-likeness (QED) is 0.365. The standard InChI is InChI=1S/C27H27N5O5S2/c1-31-17-24(22-8-11-29-26(22)27(31)33)23-15-20(38(2,34)35)6-7-25(23)30-19-9-12-32(13-10-19)39(36,37)21-5-3-4-18(14-21)16-28/h3-8,11,14-15,17,19,29-30H,9-10,12-13H2,1-2H3. The van der Waals surface area contributed by atoms with Gasteiger partial charge >= 0.3 is 0 Å². The molecule has 0 spiro atoms. The molecule has 5 rings (SSSR count). The van der Waals surface area contributed by atoms with E-state index < -0.39 is 19.9 Å². The first-order valence-electron chi connectivity index (χ1n) is 12.3. The number of pyridine rings is 1. The molecule has 1 aliphatic heterocycles. The number of hydrogen-bond acceptors (Lipinski definition) is 7. The number of nitriles is 1. The Labute approximate surface area is 226 Å². The maximum Gasteiger partial charge on any atom is 0.274 e. The number of piperidine rings is 1. The van der Waals surface area contributed by atoms with Crippen LogP contribution in [-0.2, 0) is 26.9 Å². The summed E-state index contributed by atoms with van der Waals surface area (Å²) in [6.07, 6.45) is 5.56. The normalized spacial score (nSPS) is 15.3. The van der Waals surface area contributed by atoms with Crippen LogP contribution in [0.25, 0.3) is 22.0 Å². The highest BCUT2D eigenvalue weighted by Gasteiger charge is 2.30. The number of aromatic nitrogens is 2. The topological polar surface area (TPSA) is 145 Å². The lowest BCUT2D eigenvalue weighted by Crippen LogP contribution is -2.42. The molecule has 0 amide bonds. The van der Waals surface area contributed by atoms with Gasteiger partial charge in [0, 0.05) is 67.0 Å². The molecule has 3 heterocycles. The summed E-state index contributed by atoms with van der Waals surface area (Å²) in [6, 6.07) is 14.5. The third-order valence-electron chi connectivity index (χ3n) is 7.02. The van der Waals surface area contributed by atoms with E-state index in [1.54, 1.807) is 55.8 Å². The molecule has 39 heavy (non-hydrogen) atoms. The second-order valence-corrected chi connectivity index (χ2v) is 13.6. The van der Waals surface area contributed by atoms with Crippen molar-refractivity contribution in [1.29, 1.82) is 5.26 Å². The fourth-order valence-corrected chi connectivity index (χ4v) is 7.09. The Balaban J connectivity index is 1.45. The van der Waals surface area contributed by atoms with Crippen molar-refractivity contribution in [2.75, 3.05) is 24.7 Å². The first-order valence-corrected chi connectivity index (χ1v) is 15.6. The molecule has 2 N–H and O–H groups in total. The van der Waals surface area contributed by atoms with Crippen molar-refractivity contribution in [3.8, 4) is 17.2 Å². The zero-order valence-corrected chi connectivity index (χ0v) is 23.0. The minimum atomic E-state index is -3.74. The van der Waals surface area contributed by atoms with E-state index in [2.05, 4.69) is 10.3 Å². The molecule has 0 radical (unpaired) electrons. The van der Waals surface area contributed by atoms with Crippen molar-refractivity contribution in [1.82, 2.24) is 13.9 Å². The summed E-state index contributed by atoms with van der Waals surface area (Å²) in [5, 5.41) is 13.3. The Bertz CT molecular complexity index is 1890. The largest absolute Gasteiger partial charge is 0.382 e. The summed E-state index contributed by atoms with van der Waals surface area (Å²) < 4.78 is 53.9. The highest BCUT2D eigenvalue weighted by molar-refractivity contribution is 7.90. The van der Waals surface area contributed by atoms with Gasteiger partial charge in [-0.1, -0.05) is 6.07 Å². The number of rotatable bonds is 6. The fraction of sp³-hybridized carbons (Fsp3) is 0.259. The summed E-state index contributed by atoms with van der Waals surface area (Å²) in [4.78, 5) is 15.8. The number of anilines is 1. The van der Waals surface area contributed by atoms with Crippen LogP contribution in [0.2, 0.25) is 0 Å².